The predicted octanol–water partition coefficient (Wildman–Crippen LogP) is 3.19. The van der Waals surface area contributed by atoms with Gasteiger partial charge in [0, 0.05) is 43.5 Å². The molecule has 2 aromatic carbocycles. The van der Waals surface area contributed by atoms with Crippen molar-refractivity contribution in [2.45, 2.75) is 10.9 Å². The van der Waals surface area contributed by atoms with E-state index in [1.54, 1.807) is 24.3 Å². The summed E-state index contributed by atoms with van der Waals surface area (Å²) in [6.07, 6.45) is 1.20. The summed E-state index contributed by atoms with van der Waals surface area (Å²) in [4.78, 5) is 2.61. The first-order valence-electron chi connectivity index (χ1n) is 8.57. The molecule has 5 nitrogen and oxygen atoms in total. The van der Waals surface area contributed by atoms with Crippen molar-refractivity contribution in [1.82, 2.24) is 10.2 Å². The molecule has 27 heavy (non-hydrogen) atoms. The average molecular weight is 431 g/mol. The van der Waals surface area contributed by atoms with Crippen LogP contribution in [0.15, 0.2) is 53.4 Å². The van der Waals surface area contributed by atoms with Gasteiger partial charge in [0.05, 0.1) is 4.90 Å². The molecule has 0 bridgehead atoms. The molecule has 8 heteroatoms. The van der Waals surface area contributed by atoms with Crippen LogP contribution in [0.2, 0.25) is 5.02 Å². The zero-order valence-corrected chi connectivity index (χ0v) is 17.5. The highest BCUT2D eigenvalue weighted by Crippen LogP contribution is 2.28. The molecule has 0 spiro atoms. The first-order chi connectivity index (χ1) is 12.4. The summed E-state index contributed by atoms with van der Waals surface area (Å²) >= 11 is 6.37. The lowest BCUT2D eigenvalue weighted by Crippen LogP contribution is -2.47. The maximum absolute atomic E-state index is 11.7. The molecule has 0 amide bonds. The van der Waals surface area contributed by atoms with Gasteiger partial charge in [-0.05, 0) is 29.8 Å². The number of ether oxygens (including phenoxy) is 1. The van der Waals surface area contributed by atoms with E-state index in [9.17, 15) is 8.42 Å². The van der Waals surface area contributed by atoms with E-state index in [4.69, 9.17) is 16.3 Å². The number of nitrogens with zero attached hydrogens (tertiary/aromatic N) is 1. The van der Waals surface area contributed by atoms with Crippen LogP contribution >= 0.6 is 24.0 Å². The number of halogens is 2. The van der Waals surface area contributed by atoms with E-state index in [1.165, 1.54) is 6.26 Å². The molecule has 2 aromatic rings. The van der Waals surface area contributed by atoms with Crippen LogP contribution in [0.1, 0.15) is 11.6 Å². The number of rotatable bonds is 6. The smallest absolute Gasteiger partial charge is 0.175 e. The van der Waals surface area contributed by atoms with E-state index in [2.05, 4.69) is 16.3 Å². The van der Waals surface area contributed by atoms with Crippen molar-refractivity contribution in [3.63, 3.8) is 0 Å². The van der Waals surface area contributed by atoms with Crippen molar-refractivity contribution >= 4 is 33.8 Å². The fourth-order valence-electron chi connectivity index (χ4n) is 3.14. The number of benzene rings is 2. The lowest BCUT2D eigenvalue weighted by molar-refractivity contribution is 0.134. The quantitative estimate of drug-likeness (QED) is 0.762. The van der Waals surface area contributed by atoms with E-state index >= 15 is 0 Å². The molecule has 1 N–H and O–H groups in total. The third-order valence-corrected chi connectivity index (χ3v) is 5.95. The van der Waals surface area contributed by atoms with E-state index in [-0.39, 0.29) is 23.3 Å². The van der Waals surface area contributed by atoms with Crippen molar-refractivity contribution in [3.8, 4) is 5.75 Å². The third-order valence-electron chi connectivity index (χ3n) is 4.50. The third kappa shape index (κ3) is 5.83. The summed E-state index contributed by atoms with van der Waals surface area (Å²) in [5.41, 5.74) is 1.11. The highest BCUT2D eigenvalue weighted by atomic mass is 35.5. The van der Waals surface area contributed by atoms with Crippen LogP contribution in [0.3, 0.4) is 0 Å². The second-order valence-corrected chi connectivity index (χ2v) is 8.80. The Bertz CT molecular complexity index is 862. The normalized spacial score (nSPS) is 17.9. The standard InChI is InChI=1S/C19H23ClN2O3S.ClH/c1-26(23,24)16-6-4-5-15(13-16)25-12-11-22-10-9-21-14-19(22)17-7-2-3-8-18(17)20;/h2-8,13,19,21H,9-12,14H2,1H3;1H. The zero-order valence-electron chi connectivity index (χ0n) is 15.1. The van der Waals surface area contributed by atoms with Crippen LogP contribution in [0.5, 0.6) is 5.75 Å². The van der Waals surface area contributed by atoms with Crippen LogP contribution in [0.25, 0.3) is 0 Å². The van der Waals surface area contributed by atoms with Crippen molar-refractivity contribution in [1.29, 1.82) is 0 Å². The molecular weight excluding hydrogens is 407 g/mol. The molecular formula is C19H24Cl2N2O3S. The minimum Gasteiger partial charge on any atom is -0.492 e. The van der Waals surface area contributed by atoms with Gasteiger partial charge in [-0.25, -0.2) is 8.42 Å². The number of sulfone groups is 1. The summed E-state index contributed by atoms with van der Waals surface area (Å²) in [6.45, 7) is 3.88. The van der Waals surface area contributed by atoms with Gasteiger partial charge in [-0.15, -0.1) is 12.4 Å². The topological polar surface area (TPSA) is 58.6 Å². The second-order valence-electron chi connectivity index (χ2n) is 6.37. The monoisotopic (exact) mass is 430 g/mol. The minimum absolute atomic E-state index is 0. The molecule has 1 saturated heterocycles. The van der Waals surface area contributed by atoms with Crippen molar-refractivity contribution < 1.29 is 13.2 Å². The highest BCUT2D eigenvalue weighted by Gasteiger charge is 2.25. The fraction of sp³-hybridized carbons (Fsp3) is 0.368. The van der Waals surface area contributed by atoms with Crippen LogP contribution in [0, 0.1) is 0 Å². The summed E-state index contributed by atoms with van der Waals surface area (Å²) in [5, 5.41) is 4.19. The molecule has 0 saturated carbocycles. The molecule has 1 aliphatic rings. The Morgan fingerprint density at radius 1 is 1.22 bits per heavy atom. The summed E-state index contributed by atoms with van der Waals surface area (Å²) < 4.78 is 29.1. The van der Waals surface area contributed by atoms with Gasteiger partial charge < -0.3 is 10.1 Å². The molecule has 148 valence electrons. The number of piperazine rings is 1. The van der Waals surface area contributed by atoms with Gasteiger partial charge in [0.25, 0.3) is 0 Å². The molecule has 1 atom stereocenters. The molecule has 1 aliphatic heterocycles. The van der Waals surface area contributed by atoms with Gasteiger partial charge in [-0.2, -0.15) is 0 Å². The lowest BCUT2D eigenvalue weighted by Gasteiger charge is -2.36. The minimum atomic E-state index is -3.23. The maximum Gasteiger partial charge on any atom is 0.175 e. The van der Waals surface area contributed by atoms with E-state index in [0.717, 1.165) is 36.8 Å². The van der Waals surface area contributed by atoms with Gasteiger partial charge >= 0.3 is 0 Å². The number of hydrogen-bond donors (Lipinski definition) is 1. The van der Waals surface area contributed by atoms with Crippen molar-refractivity contribution in [3.05, 3.63) is 59.1 Å². The Morgan fingerprint density at radius 3 is 2.74 bits per heavy atom. The first kappa shape index (κ1) is 22.0. The largest absolute Gasteiger partial charge is 0.492 e. The van der Waals surface area contributed by atoms with Crippen LogP contribution in [-0.4, -0.2) is 52.4 Å². The molecule has 0 radical (unpaired) electrons. The van der Waals surface area contributed by atoms with Crippen LogP contribution in [-0.2, 0) is 9.84 Å². The Hall–Kier alpha value is -1.31. The molecule has 0 aliphatic carbocycles. The molecule has 3 rings (SSSR count). The highest BCUT2D eigenvalue weighted by molar-refractivity contribution is 7.90. The van der Waals surface area contributed by atoms with Gasteiger partial charge in [-0.1, -0.05) is 35.9 Å². The molecule has 1 heterocycles. The van der Waals surface area contributed by atoms with Crippen LogP contribution in [0.4, 0.5) is 0 Å². The van der Waals surface area contributed by atoms with Crippen molar-refractivity contribution in [2.75, 3.05) is 39.0 Å². The summed E-state index contributed by atoms with van der Waals surface area (Å²) in [5.74, 6) is 0.567. The SMILES string of the molecule is CS(=O)(=O)c1cccc(OCCN2CCNCC2c2ccccc2Cl)c1.Cl. The molecule has 1 unspecified atom stereocenters. The van der Waals surface area contributed by atoms with Gasteiger partial charge in [0.15, 0.2) is 9.84 Å². The van der Waals surface area contributed by atoms with Gasteiger partial charge in [0.2, 0.25) is 0 Å². The number of nitrogens with one attached hydrogen (secondary N) is 1. The predicted molar refractivity (Wildman–Crippen MR) is 111 cm³/mol. The molecule has 0 aromatic heterocycles. The zero-order chi connectivity index (χ0) is 18.6. The first-order valence-corrected chi connectivity index (χ1v) is 10.8. The Balaban J connectivity index is 0.00000261. The van der Waals surface area contributed by atoms with E-state index in [1.807, 2.05) is 18.2 Å². The second kappa shape index (κ2) is 9.75. The van der Waals surface area contributed by atoms with E-state index < -0.39 is 9.84 Å². The van der Waals surface area contributed by atoms with Gasteiger partial charge in [-0.3, -0.25) is 4.90 Å². The average Bonchev–Trinajstić information content (AvgIpc) is 2.62. The van der Waals surface area contributed by atoms with Crippen molar-refractivity contribution in [2.24, 2.45) is 0 Å². The molecule has 1 fully saturated rings. The Morgan fingerprint density at radius 2 is 2.00 bits per heavy atom. The number of hydrogen-bond acceptors (Lipinski definition) is 5. The van der Waals surface area contributed by atoms with Crippen LogP contribution < -0.4 is 10.1 Å². The van der Waals surface area contributed by atoms with E-state index in [0.29, 0.717) is 12.4 Å². The fourth-order valence-corrected chi connectivity index (χ4v) is 4.06. The summed E-state index contributed by atoms with van der Waals surface area (Å²) in [7, 11) is -3.23. The Kier molecular flexibility index (Phi) is 7.94. The Labute approximate surface area is 172 Å². The maximum atomic E-state index is 11.7. The van der Waals surface area contributed by atoms with Gasteiger partial charge in [0.1, 0.15) is 12.4 Å². The summed E-state index contributed by atoms with van der Waals surface area (Å²) in [6, 6.07) is 14.7. The lowest BCUT2D eigenvalue weighted by atomic mass is 10.0.